The first-order chi connectivity index (χ1) is 15.6. The van der Waals surface area contributed by atoms with Gasteiger partial charge >= 0.3 is 0 Å². The Kier molecular flexibility index (Phi) is 8.16. The number of para-hydroxylation sites is 1. The predicted octanol–water partition coefficient (Wildman–Crippen LogP) is 3.18. The summed E-state index contributed by atoms with van der Waals surface area (Å²) in [6.45, 7) is 11.2. The number of aromatic amines is 1. The van der Waals surface area contributed by atoms with E-state index in [0.717, 1.165) is 69.9 Å². The van der Waals surface area contributed by atoms with Crippen molar-refractivity contribution in [2.45, 2.75) is 44.8 Å². The SMILES string of the molecule is CSCC[C@H](C(=O)N1CCNCC1c1c[nH]c2ccccc12)N1CCCN(C(C)C)CC1. The minimum atomic E-state index is -0.0274. The van der Waals surface area contributed by atoms with Gasteiger partial charge in [-0.1, -0.05) is 18.2 Å². The number of amides is 1. The second-order valence-electron chi connectivity index (χ2n) is 9.36. The second-order valence-corrected chi connectivity index (χ2v) is 10.3. The topological polar surface area (TPSA) is 54.6 Å². The first-order valence-electron chi connectivity index (χ1n) is 12.1. The smallest absolute Gasteiger partial charge is 0.240 e. The van der Waals surface area contributed by atoms with Gasteiger partial charge in [0.1, 0.15) is 0 Å². The van der Waals surface area contributed by atoms with E-state index >= 15 is 0 Å². The number of nitrogens with zero attached hydrogens (tertiary/aromatic N) is 3. The van der Waals surface area contributed by atoms with Gasteiger partial charge in [0.15, 0.2) is 0 Å². The Balaban J connectivity index is 1.57. The summed E-state index contributed by atoms with van der Waals surface area (Å²) in [5, 5.41) is 4.75. The molecule has 3 heterocycles. The zero-order chi connectivity index (χ0) is 22.5. The van der Waals surface area contributed by atoms with Gasteiger partial charge in [-0.25, -0.2) is 0 Å². The van der Waals surface area contributed by atoms with Crippen LogP contribution in [0.4, 0.5) is 0 Å². The van der Waals surface area contributed by atoms with Gasteiger partial charge in [-0.05, 0) is 51.3 Å². The van der Waals surface area contributed by atoms with Gasteiger partial charge in [-0.3, -0.25) is 14.6 Å². The maximum atomic E-state index is 14.1. The van der Waals surface area contributed by atoms with Gasteiger partial charge in [0, 0.05) is 68.0 Å². The summed E-state index contributed by atoms with van der Waals surface area (Å²) in [6, 6.07) is 9.03. The Morgan fingerprint density at radius 2 is 1.91 bits per heavy atom. The van der Waals surface area contributed by atoms with Gasteiger partial charge < -0.3 is 15.2 Å². The molecular weight excluding hydrogens is 418 g/mol. The molecule has 0 aliphatic carbocycles. The summed E-state index contributed by atoms with van der Waals surface area (Å²) in [5.41, 5.74) is 2.37. The van der Waals surface area contributed by atoms with Gasteiger partial charge in [-0.15, -0.1) is 0 Å². The minimum absolute atomic E-state index is 0.0274. The number of rotatable bonds is 7. The highest BCUT2D eigenvalue weighted by Gasteiger charge is 2.36. The van der Waals surface area contributed by atoms with Crippen molar-refractivity contribution in [2.24, 2.45) is 0 Å². The molecule has 32 heavy (non-hydrogen) atoms. The molecule has 176 valence electrons. The Morgan fingerprint density at radius 3 is 2.72 bits per heavy atom. The van der Waals surface area contributed by atoms with E-state index in [9.17, 15) is 4.79 Å². The highest BCUT2D eigenvalue weighted by molar-refractivity contribution is 7.98. The lowest BCUT2D eigenvalue weighted by Crippen LogP contribution is -2.56. The van der Waals surface area contributed by atoms with E-state index in [1.54, 1.807) is 0 Å². The first kappa shape index (κ1) is 23.6. The molecule has 2 aromatic rings. The van der Waals surface area contributed by atoms with Crippen LogP contribution in [-0.2, 0) is 4.79 Å². The fourth-order valence-corrected chi connectivity index (χ4v) is 5.74. The van der Waals surface area contributed by atoms with Gasteiger partial charge in [0.05, 0.1) is 12.1 Å². The van der Waals surface area contributed by atoms with Gasteiger partial charge in [0.25, 0.3) is 0 Å². The number of thioether (sulfide) groups is 1. The monoisotopic (exact) mass is 457 g/mol. The van der Waals surface area contributed by atoms with Crippen molar-refractivity contribution in [2.75, 3.05) is 57.8 Å². The van der Waals surface area contributed by atoms with E-state index in [0.29, 0.717) is 11.9 Å². The lowest BCUT2D eigenvalue weighted by Gasteiger charge is -2.41. The van der Waals surface area contributed by atoms with E-state index < -0.39 is 0 Å². The number of hydrogen-bond donors (Lipinski definition) is 2. The van der Waals surface area contributed by atoms with E-state index in [4.69, 9.17) is 0 Å². The van der Waals surface area contributed by atoms with Crippen LogP contribution < -0.4 is 5.32 Å². The summed E-state index contributed by atoms with van der Waals surface area (Å²) in [7, 11) is 0. The number of aromatic nitrogens is 1. The molecule has 7 heteroatoms. The normalized spacial score (nSPS) is 22.4. The summed E-state index contributed by atoms with van der Waals surface area (Å²) >= 11 is 1.84. The fraction of sp³-hybridized carbons (Fsp3) is 0.640. The summed E-state index contributed by atoms with van der Waals surface area (Å²) in [6.07, 6.45) is 6.30. The van der Waals surface area contributed by atoms with Gasteiger partial charge in [-0.2, -0.15) is 11.8 Å². The molecule has 2 atom stereocenters. The van der Waals surface area contributed by atoms with Crippen LogP contribution in [0.15, 0.2) is 30.5 Å². The third-order valence-electron chi connectivity index (χ3n) is 7.12. The molecule has 2 aliphatic rings. The third kappa shape index (κ3) is 5.16. The van der Waals surface area contributed by atoms with E-state index in [1.807, 2.05) is 11.8 Å². The number of fused-ring (bicyclic) bond motifs is 1. The van der Waals surface area contributed by atoms with Crippen LogP contribution in [0, 0.1) is 0 Å². The molecule has 1 unspecified atom stereocenters. The highest BCUT2D eigenvalue weighted by Crippen LogP contribution is 2.30. The van der Waals surface area contributed by atoms with Crippen LogP contribution >= 0.6 is 11.8 Å². The molecule has 2 aliphatic heterocycles. The molecule has 2 saturated heterocycles. The summed E-state index contributed by atoms with van der Waals surface area (Å²) < 4.78 is 0. The lowest BCUT2D eigenvalue weighted by atomic mass is 10.0. The number of nitrogens with one attached hydrogen (secondary N) is 2. The second kappa shape index (κ2) is 11.1. The zero-order valence-corrected chi connectivity index (χ0v) is 20.7. The van der Waals surface area contributed by atoms with Crippen LogP contribution in [0.1, 0.15) is 38.3 Å². The van der Waals surface area contributed by atoms with E-state index in [2.05, 4.69) is 75.6 Å². The summed E-state index contributed by atoms with van der Waals surface area (Å²) in [4.78, 5) is 24.7. The van der Waals surface area contributed by atoms with Crippen molar-refractivity contribution in [3.63, 3.8) is 0 Å². The highest BCUT2D eigenvalue weighted by atomic mass is 32.2. The van der Waals surface area contributed by atoms with Gasteiger partial charge in [0.2, 0.25) is 5.91 Å². The molecule has 0 saturated carbocycles. The number of carbonyl (C=O) groups is 1. The van der Waals surface area contributed by atoms with Crippen molar-refractivity contribution >= 4 is 28.6 Å². The molecule has 1 aromatic carbocycles. The zero-order valence-electron chi connectivity index (χ0n) is 19.8. The molecule has 2 N–H and O–H groups in total. The van der Waals surface area contributed by atoms with E-state index in [1.165, 1.54) is 10.9 Å². The maximum Gasteiger partial charge on any atom is 0.240 e. The van der Waals surface area contributed by atoms with Crippen LogP contribution in [0.3, 0.4) is 0 Å². The number of hydrogen-bond acceptors (Lipinski definition) is 5. The van der Waals surface area contributed by atoms with Crippen LogP contribution in [-0.4, -0.2) is 95.5 Å². The fourth-order valence-electron chi connectivity index (χ4n) is 5.28. The van der Waals surface area contributed by atoms with E-state index in [-0.39, 0.29) is 12.1 Å². The average molecular weight is 458 g/mol. The molecular formula is C25H39N5OS. The molecule has 2 fully saturated rings. The minimum Gasteiger partial charge on any atom is -0.361 e. The van der Waals surface area contributed by atoms with Crippen molar-refractivity contribution in [1.29, 1.82) is 0 Å². The molecule has 1 aromatic heterocycles. The molecule has 4 rings (SSSR count). The molecule has 1 amide bonds. The quantitative estimate of drug-likeness (QED) is 0.669. The van der Waals surface area contributed by atoms with Crippen molar-refractivity contribution in [1.82, 2.24) is 25.0 Å². The first-order valence-corrected chi connectivity index (χ1v) is 13.5. The standard InChI is InChI=1S/C25H39N5OS/c1-19(2)28-11-6-12-29(15-14-28)23(9-16-32-3)25(31)30-13-10-26-18-24(30)21-17-27-22-8-5-4-7-20(21)22/h4-5,7-8,17,19,23-24,26-27H,6,9-16,18H2,1-3H3/t23-,24?/m1/s1. The Bertz CT molecular complexity index is 884. The number of carbonyl (C=O) groups excluding carboxylic acids is 1. The molecule has 0 spiro atoms. The molecule has 0 bridgehead atoms. The molecule has 6 nitrogen and oxygen atoms in total. The van der Waals surface area contributed by atoms with Crippen LogP contribution in [0.5, 0.6) is 0 Å². The molecule has 0 radical (unpaired) electrons. The average Bonchev–Trinajstić information content (AvgIpc) is 3.08. The Hall–Kier alpha value is -1.54. The van der Waals surface area contributed by atoms with Crippen molar-refractivity contribution < 1.29 is 4.79 Å². The Morgan fingerprint density at radius 1 is 1.12 bits per heavy atom. The maximum absolute atomic E-state index is 14.1. The van der Waals surface area contributed by atoms with Crippen LogP contribution in [0.25, 0.3) is 10.9 Å². The summed E-state index contributed by atoms with van der Waals surface area (Å²) in [5.74, 6) is 1.33. The third-order valence-corrected chi connectivity index (χ3v) is 7.77. The van der Waals surface area contributed by atoms with Crippen molar-refractivity contribution in [3.05, 3.63) is 36.0 Å². The number of benzene rings is 1. The largest absolute Gasteiger partial charge is 0.361 e. The number of H-pyrrole nitrogens is 1. The van der Waals surface area contributed by atoms with Crippen LogP contribution in [0.2, 0.25) is 0 Å². The lowest BCUT2D eigenvalue weighted by molar-refractivity contribution is -0.140. The van der Waals surface area contributed by atoms with Crippen molar-refractivity contribution in [3.8, 4) is 0 Å². The Labute approximate surface area is 197 Å². The number of piperazine rings is 1. The predicted molar refractivity (Wildman–Crippen MR) is 135 cm³/mol.